The van der Waals surface area contributed by atoms with Crippen LogP contribution >= 0.6 is 23.4 Å². The number of fused-ring (bicyclic) bond motifs is 1. The molecule has 1 N–H and O–H groups in total. The zero-order valence-electron chi connectivity index (χ0n) is 27.3. The number of rotatable bonds is 14. The molecule has 1 unspecified atom stereocenters. The summed E-state index contributed by atoms with van der Waals surface area (Å²) < 4.78 is 12.5. The highest BCUT2D eigenvalue weighted by molar-refractivity contribution is 7.99. The van der Waals surface area contributed by atoms with E-state index in [1.54, 1.807) is 0 Å². The Morgan fingerprint density at radius 3 is 2.70 bits per heavy atom. The summed E-state index contributed by atoms with van der Waals surface area (Å²) in [5.74, 6) is 0.150. The quantitative estimate of drug-likeness (QED) is 0.144. The molecule has 4 aromatic rings. The first-order valence-electron chi connectivity index (χ1n) is 16.7. The molecule has 1 aliphatic heterocycles. The van der Waals surface area contributed by atoms with Crippen LogP contribution in [0.15, 0.2) is 78.9 Å². The predicted molar refractivity (Wildman–Crippen MR) is 194 cm³/mol. The van der Waals surface area contributed by atoms with Gasteiger partial charge in [0, 0.05) is 28.0 Å². The number of carboxylic acid groups (broad SMARTS) is 1. The number of nitrogens with zero attached hydrogens (tertiary/aromatic N) is 1. The highest BCUT2D eigenvalue weighted by Gasteiger charge is 2.44. The number of pyridine rings is 1. The summed E-state index contributed by atoms with van der Waals surface area (Å²) in [7, 11) is 0. The number of benzene rings is 3. The van der Waals surface area contributed by atoms with E-state index in [1.807, 2.05) is 42.1 Å². The highest BCUT2D eigenvalue weighted by Crippen LogP contribution is 2.53. The predicted octanol–water partition coefficient (Wildman–Crippen LogP) is 10.5. The van der Waals surface area contributed by atoms with Gasteiger partial charge in [-0.2, -0.15) is 11.8 Å². The maximum absolute atomic E-state index is 11.6. The van der Waals surface area contributed by atoms with Crippen LogP contribution in [0.2, 0.25) is 5.02 Å². The van der Waals surface area contributed by atoms with Gasteiger partial charge in [0.25, 0.3) is 0 Å². The summed E-state index contributed by atoms with van der Waals surface area (Å²) in [5.41, 5.74) is 6.03. The number of carbonyl (C=O) groups is 1. The number of aromatic nitrogens is 1. The van der Waals surface area contributed by atoms with Crippen molar-refractivity contribution in [2.24, 2.45) is 5.41 Å². The fraction of sp³-hybridized carbons (Fsp3) is 0.400. The van der Waals surface area contributed by atoms with Crippen molar-refractivity contribution in [3.05, 3.63) is 112 Å². The second-order valence-corrected chi connectivity index (χ2v) is 15.2. The normalized spacial score (nSPS) is 18.4. The van der Waals surface area contributed by atoms with Crippen LogP contribution in [0.5, 0.6) is 0 Å². The maximum atomic E-state index is 11.6. The Labute approximate surface area is 287 Å². The molecule has 47 heavy (non-hydrogen) atoms. The van der Waals surface area contributed by atoms with Crippen molar-refractivity contribution in [1.29, 1.82) is 0 Å². The van der Waals surface area contributed by atoms with Gasteiger partial charge in [-0.3, -0.25) is 4.79 Å². The van der Waals surface area contributed by atoms with Gasteiger partial charge in [0.05, 0.1) is 23.2 Å². The van der Waals surface area contributed by atoms with Crippen LogP contribution < -0.4 is 0 Å². The molecule has 1 saturated heterocycles. The number of halogens is 1. The van der Waals surface area contributed by atoms with E-state index in [9.17, 15) is 9.90 Å². The number of thioether (sulfide) groups is 1. The van der Waals surface area contributed by atoms with Crippen molar-refractivity contribution >= 4 is 52.4 Å². The average Bonchev–Trinajstić information content (AvgIpc) is 3.82. The fourth-order valence-corrected chi connectivity index (χ4v) is 8.28. The molecule has 1 aromatic heterocycles. The molecule has 6 rings (SSSR count). The molecule has 0 radical (unpaired) electrons. The van der Waals surface area contributed by atoms with Gasteiger partial charge in [0.15, 0.2) is 6.29 Å². The molecule has 0 amide bonds. The van der Waals surface area contributed by atoms with Crippen LogP contribution in [0.25, 0.3) is 23.1 Å². The molecule has 2 aliphatic rings. The van der Waals surface area contributed by atoms with Gasteiger partial charge in [0.2, 0.25) is 0 Å². The number of carboxylic acids is 1. The van der Waals surface area contributed by atoms with Gasteiger partial charge < -0.3 is 14.6 Å². The summed E-state index contributed by atoms with van der Waals surface area (Å²) in [6.45, 7) is 5.05. The van der Waals surface area contributed by atoms with Crippen LogP contribution in [-0.4, -0.2) is 34.7 Å². The van der Waals surface area contributed by atoms with Crippen LogP contribution in [0.1, 0.15) is 92.0 Å². The smallest absolute Gasteiger partial charge is 0.303 e. The first-order chi connectivity index (χ1) is 22.7. The molecule has 246 valence electrons. The molecule has 3 aromatic carbocycles. The molecule has 2 fully saturated rings. The summed E-state index contributed by atoms with van der Waals surface area (Å²) in [4.78, 5) is 16.4. The van der Waals surface area contributed by atoms with E-state index in [0.717, 1.165) is 79.5 Å². The molecule has 2 atom stereocenters. The Morgan fingerprint density at radius 1 is 1.09 bits per heavy atom. The maximum Gasteiger partial charge on any atom is 0.303 e. The summed E-state index contributed by atoms with van der Waals surface area (Å²) >= 11 is 8.12. The van der Waals surface area contributed by atoms with Gasteiger partial charge >= 0.3 is 5.97 Å². The second kappa shape index (κ2) is 14.9. The molecule has 0 bridgehead atoms. The third kappa shape index (κ3) is 9.05. The van der Waals surface area contributed by atoms with Crippen molar-refractivity contribution in [1.82, 2.24) is 4.98 Å². The summed E-state index contributed by atoms with van der Waals surface area (Å²) in [5, 5.41) is 11.5. The fourth-order valence-electron chi connectivity index (χ4n) is 6.55. The molecule has 7 heteroatoms. The Balaban J connectivity index is 1.21. The van der Waals surface area contributed by atoms with E-state index >= 15 is 0 Å². The number of aryl methyl sites for hydroxylation is 1. The summed E-state index contributed by atoms with van der Waals surface area (Å²) in [6.07, 6.45) is 11.2. The first kappa shape index (κ1) is 33.7. The van der Waals surface area contributed by atoms with E-state index in [4.69, 9.17) is 26.1 Å². The lowest BCUT2D eigenvalue weighted by Gasteiger charge is -2.34. The van der Waals surface area contributed by atoms with Gasteiger partial charge in [0.1, 0.15) is 0 Å². The van der Waals surface area contributed by atoms with Crippen molar-refractivity contribution < 1.29 is 19.4 Å². The zero-order chi connectivity index (χ0) is 32.9. The lowest BCUT2D eigenvalue weighted by Crippen LogP contribution is -2.33. The molecule has 5 nitrogen and oxygen atoms in total. The van der Waals surface area contributed by atoms with E-state index in [0.29, 0.717) is 5.02 Å². The molecular weight excluding hydrogens is 626 g/mol. The Bertz CT molecular complexity index is 1730. The van der Waals surface area contributed by atoms with Crippen LogP contribution in [-0.2, 0) is 26.3 Å². The number of hydrogen-bond acceptors (Lipinski definition) is 5. The van der Waals surface area contributed by atoms with E-state index in [2.05, 4.69) is 74.5 Å². The Morgan fingerprint density at radius 2 is 1.91 bits per heavy atom. The Hall–Kier alpha value is -3.16. The van der Waals surface area contributed by atoms with Gasteiger partial charge in [-0.05, 0) is 111 Å². The number of ether oxygens (including phenoxy) is 2. The molecule has 2 heterocycles. The van der Waals surface area contributed by atoms with Crippen molar-refractivity contribution in [3.63, 3.8) is 0 Å². The lowest BCUT2D eigenvalue weighted by atomic mass is 9.89. The van der Waals surface area contributed by atoms with Crippen LogP contribution in [0.3, 0.4) is 0 Å². The van der Waals surface area contributed by atoms with Gasteiger partial charge in [-0.25, -0.2) is 4.98 Å². The summed E-state index contributed by atoms with van der Waals surface area (Å²) in [6, 6.07) is 27.2. The van der Waals surface area contributed by atoms with Gasteiger partial charge in [-0.1, -0.05) is 78.3 Å². The molecular formula is C40H44ClNO4S. The number of hydrogen-bond donors (Lipinski definition) is 1. The second-order valence-electron chi connectivity index (χ2n) is 13.6. The van der Waals surface area contributed by atoms with Crippen molar-refractivity contribution in [2.75, 3.05) is 12.4 Å². The Kier molecular flexibility index (Phi) is 10.7. The third-order valence-corrected chi connectivity index (χ3v) is 11.3. The number of aliphatic carboxylic acids is 1. The van der Waals surface area contributed by atoms with Crippen LogP contribution in [0.4, 0.5) is 0 Å². The minimum Gasteiger partial charge on any atom is -0.481 e. The minimum absolute atomic E-state index is 0.0787. The molecule has 1 saturated carbocycles. The van der Waals surface area contributed by atoms with Crippen LogP contribution in [0, 0.1) is 5.41 Å². The zero-order valence-corrected chi connectivity index (χ0v) is 28.9. The van der Waals surface area contributed by atoms with Crippen molar-refractivity contribution in [2.45, 2.75) is 82.4 Å². The molecule has 1 aliphatic carbocycles. The first-order valence-corrected chi connectivity index (χ1v) is 18.2. The van der Waals surface area contributed by atoms with Crippen molar-refractivity contribution in [3.8, 4) is 0 Å². The van der Waals surface area contributed by atoms with E-state index in [-0.39, 0.29) is 23.4 Å². The van der Waals surface area contributed by atoms with Gasteiger partial charge in [-0.15, -0.1) is 0 Å². The molecule has 0 spiro atoms. The van der Waals surface area contributed by atoms with E-state index < -0.39 is 11.6 Å². The third-order valence-electron chi connectivity index (χ3n) is 9.38. The highest BCUT2D eigenvalue weighted by atomic mass is 35.5. The average molecular weight is 670 g/mol. The standard InChI is InChI=1S/C40H44ClNO4S/c1-39(2,46-38-12-5-6-23-45-38)34-11-4-3-9-29(34)16-20-36(47-27-40(21-22-40)26-37(43)44)31-10-7-8-28(24-31)13-18-33-19-15-30-14-17-32(41)25-35(30)42-33/h3-4,7-11,13-15,17-19,24-25,36,38H,5-6,12,16,20-23,26-27H2,1-2H3,(H,43,44)/t36-,38?/m1/s1. The lowest BCUT2D eigenvalue weighted by molar-refractivity contribution is -0.219. The minimum atomic E-state index is -0.700. The SMILES string of the molecule is CC(C)(OC1CCCCO1)c1ccccc1CC[C@@H](SCC1(CC(=O)O)CC1)c1cccc(C=Cc2ccc3ccc(Cl)cc3n2)c1. The topological polar surface area (TPSA) is 68.7 Å². The monoisotopic (exact) mass is 669 g/mol. The van der Waals surface area contributed by atoms with E-state index in [1.165, 1.54) is 16.7 Å². The largest absolute Gasteiger partial charge is 0.481 e.